The lowest BCUT2D eigenvalue weighted by Crippen LogP contribution is -2.19. The van der Waals surface area contributed by atoms with Gasteiger partial charge in [0, 0.05) is 7.92 Å². The van der Waals surface area contributed by atoms with E-state index < -0.39 is 0 Å². The highest BCUT2D eigenvalue weighted by atomic mass is 16.5. The van der Waals surface area contributed by atoms with Gasteiger partial charge in [0.1, 0.15) is 12.4 Å². The fourth-order valence-corrected chi connectivity index (χ4v) is 3.32. The predicted octanol–water partition coefficient (Wildman–Crippen LogP) is 6.00. The molecule has 0 aliphatic rings. The van der Waals surface area contributed by atoms with Crippen molar-refractivity contribution in [3.8, 4) is 5.75 Å². The van der Waals surface area contributed by atoms with Crippen LogP contribution in [-0.2, 0) is 0 Å². The summed E-state index contributed by atoms with van der Waals surface area (Å²) in [5.74, 6) is 0.859. The molecule has 0 aromatic heterocycles. The Morgan fingerprint density at radius 1 is 0.821 bits per heavy atom. The number of rotatable bonds is 8. The molecule has 28 heavy (non-hydrogen) atoms. The minimum absolute atomic E-state index is 0.285. The largest absolute Gasteiger partial charge is 0.492 e. The molecule has 3 aromatic rings. The summed E-state index contributed by atoms with van der Waals surface area (Å²) in [6.07, 6.45) is 0.950. The maximum Gasteiger partial charge on any atom is 0.119 e. The van der Waals surface area contributed by atoms with Crippen molar-refractivity contribution in [3.05, 3.63) is 102 Å². The smallest absolute Gasteiger partial charge is 0.119 e. The van der Waals surface area contributed by atoms with E-state index in [1.165, 1.54) is 27.8 Å². The van der Waals surface area contributed by atoms with Gasteiger partial charge in [0.25, 0.3) is 0 Å². The summed E-state index contributed by atoms with van der Waals surface area (Å²) in [7, 11) is 2.21. The molecule has 0 spiro atoms. The summed E-state index contributed by atoms with van der Waals surface area (Å²) in [6.45, 7) is 3.54. The SMILES string of the molecule is [2H]CN(C)CCOc1ccc(/C(=C(/CC)c2ccccc2)c2ccccc2)cc1. The zero-order valence-electron chi connectivity index (χ0n) is 17.8. The molecular formula is C26H29NO. The van der Waals surface area contributed by atoms with Crippen molar-refractivity contribution in [3.63, 3.8) is 0 Å². The third-order valence-electron chi connectivity index (χ3n) is 4.72. The second-order valence-corrected chi connectivity index (χ2v) is 6.89. The Labute approximate surface area is 170 Å². The van der Waals surface area contributed by atoms with Crippen LogP contribution >= 0.6 is 0 Å². The third-order valence-corrected chi connectivity index (χ3v) is 4.72. The van der Waals surface area contributed by atoms with Crippen LogP contribution in [-0.4, -0.2) is 32.1 Å². The first-order valence-corrected chi connectivity index (χ1v) is 9.78. The van der Waals surface area contributed by atoms with E-state index >= 15 is 0 Å². The highest BCUT2D eigenvalue weighted by molar-refractivity contribution is 5.98. The predicted molar refractivity (Wildman–Crippen MR) is 120 cm³/mol. The molecule has 0 heterocycles. The van der Waals surface area contributed by atoms with Crippen LogP contribution in [0.3, 0.4) is 0 Å². The topological polar surface area (TPSA) is 12.5 Å². The van der Waals surface area contributed by atoms with Crippen molar-refractivity contribution < 1.29 is 6.11 Å². The maximum atomic E-state index is 7.34. The molecule has 0 saturated heterocycles. The van der Waals surface area contributed by atoms with Gasteiger partial charge in [-0.3, -0.25) is 0 Å². The number of allylic oxidation sites excluding steroid dienone is 1. The molecule has 3 aromatic carbocycles. The van der Waals surface area contributed by atoms with E-state index in [4.69, 9.17) is 6.11 Å². The molecule has 0 aliphatic carbocycles. The standard InChI is InChI=1S/C26H29NO/c1-4-25(21-11-7-5-8-12-21)26(22-13-9-6-10-14-22)23-15-17-24(18-16-23)28-20-19-27(2)3/h5-18H,4,19-20H2,1-3H3/b26-25-/i2D. The van der Waals surface area contributed by atoms with Crippen LogP contribution in [0.15, 0.2) is 84.9 Å². The molecule has 0 bridgehead atoms. The quantitative estimate of drug-likeness (QED) is 0.450. The van der Waals surface area contributed by atoms with E-state index in [-0.39, 0.29) is 7.02 Å². The van der Waals surface area contributed by atoms with Crippen LogP contribution in [0.1, 0.15) is 31.4 Å². The van der Waals surface area contributed by atoms with Gasteiger partial charge < -0.3 is 9.64 Å². The average molecular weight is 373 g/mol. The van der Waals surface area contributed by atoms with E-state index in [9.17, 15) is 0 Å². The highest BCUT2D eigenvalue weighted by Crippen LogP contribution is 2.34. The fourth-order valence-electron chi connectivity index (χ4n) is 3.32. The number of benzene rings is 3. The van der Waals surface area contributed by atoms with Gasteiger partial charge in [0.05, 0.1) is 0 Å². The molecule has 0 atom stereocenters. The summed E-state index contributed by atoms with van der Waals surface area (Å²) >= 11 is 0. The van der Waals surface area contributed by atoms with Crippen molar-refractivity contribution in [2.24, 2.45) is 0 Å². The number of nitrogens with zero attached hydrogens (tertiary/aromatic N) is 1. The van der Waals surface area contributed by atoms with Crippen LogP contribution in [0.2, 0.25) is 0 Å². The van der Waals surface area contributed by atoms with Crippen LogP contribution in [0, 0.1) is 0 Å². The van der Waals surface area contributed by atoms with Crippen molar-refractivity contribution in [1.29, 1.82) is 0 Å². The first kappa shape index (κ1) is 18.5. The molecule has 0 saturated carbocycles. The number of hydrogen-bond acceptors (Lipinski definition) is 2. The van der Waals surface area contributed by atoms with Crippen LogP contribution in [0.5, 0.6) is 5.75 Å². The minimum Gasteiger partial charge on any atom is -0.492 e. The zero-order chi connectivity index (χ0) is 20.5. The number of hydrogen-bond donors (Lipinski definition) is 0. The second-order valence-electron chi connectivity index (χ2n) is 6.89. The van der Waals surface area contributed by atoms with E-state index in [0.717, 1.165) is 18.7 Å². The van der Waals surface area contributed by atoms with Crippen molar-refractivity contribution in [2.45, 2.75) is 13.3 Å². The van der Waals surface area contributed by atoms with Crippen molar-refractivity contribution in [1.82, 2.24) is 4.90 Å². The van der Waals surface area contributed by atoms with Gasteiger partial charge >= 0.3 is 0 Å². The summed E-state index contributed by atoms with van der Waals surface area (Å²) in [5, 5.41) is 0. The summed E-state index contributed by atoms with van der Waals surface area (Å²) in [4.78, 5) is 1.91. The molecule has 0 fully saturated rings. The Balaban J connectivity index is 1.94. The Kier molecular flexibility index (Phi) is 6.56. The van der Waals surface area contributed by atoms with E-state index in [1.807, 2.05) is 24.1 Å². The third kappa shape index (κ3) is 5.11. The Hall–Kier alpha value is -2.84. The average Bonchev–Trinajstić information content (AvgIpc) is 2.79. The molecule has 2 nitrogen and oxygen atoms in total. The monoisotopic (exact) mass is 372 g/mol. The molecule has 0 N–H and O–H groups in total. The van der Waals surface area contributed by atoms with E-state index in [2.05, 4.69) is 79.7 Å². The number of ether oxygens (including phenoxy) is 1. The normalized spacial score (nSPS) is 12.5. The van der Waals surface area contributed by atoms with Gasteiger partial charge in [0.15, 0.2) is 0 Å². The molecule has 2 heteroatoms. The number of likely N-dealkylation sites (N-methyl/N-ethyl adjacent to an activating group) is 1. The van der Waals surface area contributed by atoms with Crippen molar-refractivity contribution >= 4 is 11.1 Å². The molecule has 0 radical (unpaired) electrons. The Morgan fingerprint density at radius 3 is 1.96 bits per heavy atom. The van der Waals surface area contributed by atoms with Gasteiger partial charge in [-0.15, -0.1) is 0 Å². The van der Waals surface area contributed by atoms with Gasteiger partial charge in [0.2, 0.25) is 0 Å². The van der Waals surface area contributed by atoms with E-state index in [1.54, 1.807) is 0 Å². The van der Waals surface area contributed by atoms with Gasteiger partial charge in [-0.05, 0) is 60.5 Å². The zero-order valence-corrected chi connectivity index (χ0v) is 16.8. The Morgan fingerprint density at radius 2 is 1.39 bits per heavy atom. The second kappa shape index (κ2) is 9.91. The van der Waals surface area contributed by atoms with Crippen LogP contribution in [0.25, 0.3) is 11.1 Å². The molecule has 144 valence electrons. The molecule has 0 amide bonds. The summed E-state index contributed by atoms with van der Waals surface area (Å²) in [5.41, 5.74) is 6.27. The van der Waals surface area contributed by atoms with Crippen LogP contribution in [0.4, 0.5) is 0 Å². The Bertz CT molecular complexity index is 904. The summed E-state index contributed by atoms with van der Waals surface area (Å²) in [6, 6.07) is 29.6. The lowest BCUT2D eigenvalue weighted by Gasteiger charge is -2.17. The van der Waals surface area contributed by atoms with Gasteiger partial charge in [-0.1, -0.05) is 79.7 Å². The van der Waals surface area contributed by atoms with Crippen molar-refractivity contribution in [2.75, 3.05) is 27.2 Å². The molecule has 0 aliphatic heterocycles. The van der Waals surface area contributed by atoms with E-state index in [0.29, 0.717) is 6.61 Å². The fraction of sp³-hybridized carbons (Fsp3) is 0.231. The minimum atomic E-state index is 0.285. The first-order valence-electron chi connectivity index (χ1n) is 10.5. The lowest BCUT2D eigenvalue weighted by atomic mass is 9.88. The van der Waals surface area contributed by atoms with Gasteiger partial charge in [-0.2, -0.15) is 0 Å². The summed E-state index contributed by atoms with van der Waals surface area (Å²) < 4.78 is 13.2. The maximum absolute atomic E-state index is 7.34. The highest BCUT2D eigenvalue weighted by Gasteiger charge is 2.12. The molecular weight excluding hydrogens is 342 g/mol. The molecule has 3 rings (SSSR count). The molecule has 0 unspecified atom stereocenters. The lowest BCUT2D eigenvalue weighted by molar-refractivity contribution is 0.261. The first-order chi connectivity index (χ1) is 14.2. The van der Waals surface area contributed by atoms with Gasteiger partial charge in [-0.25, -0.2) is 0 Å². The van der Waals surface area contributed by atoms with Crippen LogP contribution < -0.4 is 4.74 Å².